The molecule has 0 bridgehead atoms. The molecule has 0 spiro atoms. The highest BCUT2D eigenvalue weighted by molar-refractivity contribution is 5.39. The van der Waals surface area contributed by atoms with Crippen LogP contribution in [-0.4, -0.2) is 6.54 Å². The maximum absolute atomic E-state index is 13.3. The summed E-state index contributed by atoms with van der Waals surface area (Å²) in [5, 5.41) is 3.31. The van der Waals surface area contributed by atoms with Gasteiger partial charge in [0, 0.05) is 12.6 Å². The highest BCUT2D eigenvalue weighted by Gasteiger charge is 2.21. The van der Waals surface area contributed by atoms with Crippen LogP contribution in [0, 0.1) is 11.6 Å². The molecule has 1 unspecified atom stereocenters. The summed E-state index contributed by atoms with van der Waals surface area (Å²) in [6.07, 6.45) is 0.949. The van der Waals surface area contributed by atoms with Crippen LogP contribution in [0.3, 0.4) is 0 Å². The van der Waals surface area contributed by atoms with Crippen LogP contribution in [0.5, 0.6) is 0 Å². The monoisotopic (exact) mass is 245 g/mol. The van der Waals surface area contributed by atoms with Crippen LogP contribution < -0.4 is 5.32 Å². The second kappa shape index (κ2) is 4.50. The number of fused-ring (bicyclic) bond motifs is 1. The topological polar surface area (TPSA) is 12.0 Å². The summed E-state index contributed by atoms with van der Waals surface area (Å²) in [7, 11) is 0. The van der Waals surface area contributed by atoms with Crippen LogP contribution in [0.1, 0.15) is 22.7 Å². The lowest BCUT2D eigenvalue weighted by Gasteiger charge is -2.27. The van der Waals surface area contributed by atoms with Gasteiger partial charge in [-0.1, -0.05) is 24.3 Å². The summed E-state index contributed by atoms with van der Waals surface area (Å²) in [6.45, 7) is 0.819. The van der Waals surface area contributed by atoms with Crippen LogP contribution >= 0.6 is 0 Å². The van der Waals surface area contributed by atoms with Crippen molar-refractivity contribution in [3.8, 4) is 0 Å². The second-order valence-corrected chi connectivity index (χ2v) is 4.54. The average Bonchev–Trinajstić information content (AvgIpc) is 2.37. The Hall–Kier alpha value is -1.74. The Morgan fingerprint density at radius 1 is 1.00 bits per heavy atom. The fourth-order valence-corrected chi connectivity index (χ4v) is 2.54. The van der Waals surface area contributed by atoms with E-state index < -0.39 is 11.6 Å². The van der Waals surface area contributed by atoms with Gasteiger partial charge in [0.05, 0.1) is 6.04 Å². The first-order valence-electron chi connectivity index (χ1n) is 6.01. The maximum atomic E-state index is 13.3. The van der Waals surface area contributed by atoms with Crippen molar-refractivity contribution in [1.82, 2.24) is 5.32 Å². The van der Waals surface area contributed by atoms with Crippen molar-refractivity contribution in [1.29, 1.82) is 0 Å². The first kappa shape index (κ1) is 11.4. The van der Waals surface area contributed by atoms with Gasteiger partial charge in [0.25, 0.3) is 0 Å². The van der Waals surface area contributed by atoms with Crippen LogP contribution in [0.2, 0.25) is 0 Å². The lowest BCUT2D eigenvalue weighted by atomic mass is 9.90. The first-order valence-corrected chi connectivity index (χ1v) is 6.01. The van der Waals surface area contributed by atoms with Crippen molar-refractivity contribution in [2.45, 2.75) is 12.5 Å². The zero-order valence-electron chi connectivity index (χ0n) is 9.79. The molecule has 0 saturated carbocycles. The molecule has 0 aromatic heterocycles. The van der Waals surface area contributed by atoms with Crippen molar-refractivity contribution < 1.29 is 8.78 Å². The van der Waals surface area contributed by atoms with Gasteiger partial charge in [0.2, 0.25) is 0 Å². The minimum Gasteiger partial charge on any atom is -0.306 e. The van der Waals surface area contributed by atoms with E-state index in [4.69, 9.17) is 0 Å². The van der Waals surface area contributed by atoms with Crippen LogP contribution in [0.25, 0.3) is 0 Å². The smallest absolute Gasteiger partial charge is 0.126 e. The molecular weight excluding hydrogens is 232 g/mol. The summed E-state index contributed by atoms with van der Waals surface area (Å²) < 4.78 is 26.6. The zero-order chi connectivity index (χ0) is 12.5. The van der Waals surface area contributed by atoms with Crippen LogP contribution in [-0.2, 0) is 6.42 Å². The number of hydrogen-bond donors (Lipinski definition) is 1. The molecule has 0 radical (unpaired) electrons. The summed E-state index contributed by atoms with van der Waals surface area (Å²) >= 11 is 0. The predicted octanol–water partition coefficient (Wildman–Crippen LogP) is 3.20. The van der Waals surface area contributed by atoms with E-state index in [1.807, 2.05) is 18.2 Å². The molecule has 1 atom stereocenters. The summed E-state index contributed by atoms with van der Waals surface area (Å²) in [4.78, 5) is 0. The first-order chi connectivity index (χ1) is 8.74. The third-order valence-corrected chi connectivity index (χ3v) is 3.33. The Morgan fingerprint density at radius 3 is 2.50 bits per heavy atom. The molecule has 0 amide bonds. The van der Waals surface area contributed by atoms with Crippen molar-refractivity contribution in [3.63, 3.8) is 0 Å². The minimum absolute atomic E-state index is 0.125. The fourth-order valence-electron chi connectivity index (χ4n) is 2.54. The number of halogens is 2. The molecule has 0 aliphatic carbocycles. The van der Waals surface area contributed by atoms with E-state index in [0.717, 1.165) is 24.6 Å². The number of hydrogen-bond acceptors (Lipinski definition) is 1. The molecule has 3 rings (SSSR count). The molecule has 2 aromatic rings. The third kappa shape index (κ3) is 2.02. The Labute approximate surface area is 104 Å². The summed E-state index contributed by atoms with van der Waals surface area (Å²) in [5.74, 6) is -1.07. The quantitative estimate of drug-likeness (QED) is 0.813. The standard InChI is InChI=1S/C15H13F2N/c16-12-7-11(8-13(17)9-12)15-14-4-2-1-3-10(14)5-6-18-15/h1-4,7-9,15,18H,5-6H2. The molecule has 92 valence electrons. The molecule has 0 fully saturated rings. The van der Waals surface area contributed by atoms with E-state index in [1.165, 1.54) is 17.7 Å². The molecular formula is C15H13F2N. The van der Waals surface area contributed by atoms with Gasteiger partial charge < -0.3 is 5.32 Å². The third-order valence-electron chi connectivity index (χ3n) is 3.33. The second-order valence-electron chi connectivity index (χ2n) is 4.54. The SMILES string of the molecule is Fc1cc(F)cc(C2NCCc3ccccc32)c1. The van der Waals surface area contributed by atoms with Gasteiger partial charge in [0.1, 0.15) is 11.6 Å². The summed E-state index contributed by atoms with van der Waals surface area (Å²) in [6, 6.07) is 11.6. The van der Waals surface area contributed by atoms with Gasteiger partial charge in [-0.25, -0.2) is 8.78 Å². The highest BCUT2D eigenvalue weighted by atomic mass is 19.1. The largest absolute Gasteiger partial charge is 0.306 e. The van der Waals surface area contributed by atoms with E-state index in [0.29, 0.717) is 5.56 Å². The Kier molecular flexibility index (Phi) is 2.84. The molecule has 0 saturated heterocycles. The van der Waals surface area contributed by atoms with Gasteiger partial charge in [-0.3, -0.25) is 0 Å². The van der Waals surface area contributed by atoms with E-state index in [2.05, 4.69) is 11.4 Å². The van der Waals surface area contributed by atoms with Gasteiger partial charge in [-0.15, -0.1) is 0 Å². The zero-order valence-corrected chi connectivity index (χ0v) is 9.79. The molecule has 1 heterocycles. The molecule has 1 N–H and O–H groups in total. The predicted molar refractivity (Wildman–Crippen MR) is 66.3 cm³/mol. The van der Waals surface area contributed by atoms with Crippen molar-refractivity contribution >= 4 is 0 Å². The summed E-state index contributed by atoms with van der Waals surface area (Å²) in [5.41, 5.74) is 2.99. The number of benzene rings is 2. The average molecular weight is 245 g/mol. The van der Waals surface area contributed by atoms with Crippen molar-refractivity contribution in [2.24, 2.45) is 0 Å². The van der Waals surface area contributed by atoms with E-state index in [-0.39, 0.29) is 6.04 Å². The van der Waals surface area contributed by atoms with Gasteiger partial charge >= 0.3 is 0 Å². The Balaban J connectivity index is 2.08. The number of rotatable bonds is 1. The Morgan fingerprint density at radius 2 is 1.72 bits per heavy atom. The minimum atomic E-state index is -0.533. The number of nitrogens with one attached hydrogen (secondary N) is 1. The highest BCUT2D eigenvalue weighted by Crippen LogP contribution is 2.29. The van der Waals surface area contributed by atoms with Crippen LogP contribution in [0.15, 0.2) is 42.5 Å². The molecule has 1 nitrogen and oxygen atoms in total. The van der Waals surface area contributed by atoms with E-state index in [1.54, 1.807) is 0 Å². The lowest BCUT2D eigenvalue weighted by molar-refractivity contribution is 0.544. The fraction of sp³-hybridized carbons (Fsp3) is 0.200. The van der Waals surface area contributed by atoms with E-state index in [9.17, 15) is 8.78 Å². The van der Waals surface area contributed by atoms with Crippen molar-refractivity contribution in [2.75, 3.05) is 6.54 Å². The van der Waals surface area contributed by atoms with Gasteiger partial charge in [-0.05, 0) is 35.2 Å². The van der Waals surface area contributed by atoms with Gasteiger partial charge in [-0.2, -0.15) is 0 Å². The molecule has 2 aromatic carbocycles. The van der Waals surface area contributed by atoms with Crippen molar-refractivity contribution in [3.05, 3.63) is 70.8 Å². The van der Waals surface area contributed by atoms with E-state index >= 15 is 0 Å². The Bertz CT molecular complexity index is 560. The maximum Gasteiger partial charge on any atom is 0.126 e. The normalized spacial score (nSPS) is 18.4. The molecule has 1 aliphatic heterocycles. The lowest BCUT2D eigenvalue weighted by Crippen LogP contribution is -2.30. The molecule has 1 aliphatic rings. The van der Waals surface area contributed by atoms with Crippen LogP contribution in [0.4, 0.5) is 8.78 Å². The van der Waals surface area contributed by atoms with Gasteiger partial charge in [0.15, 0.2) is 0 Å². The molecule has 3 heteroatoms. The molecule has 18 heavy (non-hydrogen) atoms.